The average Bonchev–Trinajstić information content (AvgIpc) is 2.75. The summed E-state index contributed by atoms with van der Waals surface area (Å²) < 4.78 is 20.1. The lowest BCUT2D eigenvalue weighted by molar-refractivity contribution is 0.373. The highest BCUT2D eigenvalue weighted by Gasteiger charge is 2.12. The minimum Gasteiger partial charge on any atom is -0.504 e. The van der Waals surface area contributed by atoms with Crippen LogP contribution in [0.2, 0.25) is 0 Å². The summed E-state index contributed by atoms with van der Waals surface area (Å²) in [6.45, 7) is 0. The Morgan fingerprint density at radius 2 is 2.00 bits per heavy atom. The maximum atomic E-state index is 13.2. The molecule has 20 heavy (non-hydrogen) atoms. The van der Waals surface area contributed by atoms with E-state index in [1.54, 1.807) is 24.3 Å². The molecule has 0 spiro atoms. The van der Waals surface area contributed by atoms with Gasteiger partial charge in [-0.1, -0.05) is 0 Å². The van der Waals surface area contributed by atoms with Crippen molar-refractivity contribution in [2.75, 3.05) is 7.11 Å². The van der Waals surface area contributed by atoms with Gasteiger partial charge in [-0.2, -0.15) is 0 Å². The van der Waals surface area contributed by atoms with E-state index in [2.05, 4.69) is 4.98 Å². The molecule has 0 saturated heterocycles. The lowest BCUT2D eigenvalue weighted by atomic mass is 10.2. The number of fused-ring (bicyclic) bond motifs is 1. The Bertz CT molecular complexity index is 796. The zero-order valence-electron chi connectivity index (χ0n) is 11.1. The molecular weight excluding hydrogens is 259 g/mol. The summed E-state index contributed by atoms with van der Waals surface area (Å²) in [7, 11) is 3.34. The van der Waals surface area contributed by atoms with Gasteiger partial charge in [-0.15, -0.1) is 0 Å². The van der Waals surface area contributed by atoms with E-state index in [4.69, 9.17) is 4.74 Å². The highest BCUT2D eigenvalue weighted by Crippen LogP contribution is 2.32. The SMILES string of the molecule is COc1ccc(-c2nc3cc(F)ccc3n2C)cc1O. The standard InChI is InChI=1S/C15H13FN2O2/c1-18-12-5-4-10(16)8-11(12)17-15(18)9-3-6-14(20-2)13(19)7-9/h3-8,19H,1-2H3. The minimum absolute atomic E-state index is 0.0447. The Balaban J connectivity index is 2.19. The molecule has 5 heteroatoms. The Morgan fingerprint density at radius 1 is 1.20 bits per heavy atom. The van der Waals surface area contributed by atoms with Gasteiger partial charge in [-0.3, -0.25) is 0 Å². The van der Waals surface area contributed by atoms with Crippen LogP contribution in [0, 0.1) is 5.82 Å². The Kier molecular flexibility index (Phi) is 2.82. The molecule has 0 saturated carbocycles. The van der Waals surface area contributed by atoms with Gasteiger partial charge in [0.1, 0.15) is 11.6 Å². The van der Waals surface area contributed by atoms with Crippen molar-refractivity contribution in [3.8, 4) is 22.9 Å². The van der Waals surface area contributed by atoms with Crippen LogP contribution in [0.15, 0.2) is 36.4 Å². The molecule has 0 radical (unpaired) electrons. The largest absolute Gasteiger partial charge is 0.504 e. The molecule has 0 fully saturated rings. The van der Waals surface area contributed by atoms with Gasteiger partial charge in [0.25, 0.3) is 0 Å². The summed E-state index contributed by atoms with van der Waals surface area (Å²) in [6, 6.07) is 9.53. The molecule has 0 aliphatic rings. The summed E-state index contributed by atoms with van der Waals surface area (Å²) in [5.41, 5.74) is 2.15. The van der Waals surface area contributed by atoms with Gasteiger partial charge in [0, 0.05) is 18.7 Å². The number of phenolic OH excluding ortho intramolecular Hbond substituents is 1. The number of aromatic nitrogens is 2. The van der Waals surface area contributed by atoms with Gasteiger partial charge in [0.05, 0.1) is 18.1 Å². The lowest BCUT2D eigenvalue weighted by Gasteiger charge is -2.06. The third-order valence-corrected chi connectivity index (χ3v) is 3.28. The number of hydrogen-bond acceptors (Lipinski definition) is 3. The quantitative estimate of drug-likeness (QED) is 0.779. The zero-order valence-corrected chi connectivity index (χ0v) is 11.1. The van der Waals surface area contributed by atoms with Crippen molar-refractivity contribution in [1.82, 2.24) is 9.55 Å². The summed E-state index contributed by atoms with van der Waals surface area (Å²) in [5, 5.41) is 9.84. The lowest BCUT2D eigenvalue weighted by Crippen LogP contribution is -1.93. The van der Waals surface area contributed by atoms with Crippen molar-refractivity contribution in [2.24, 2.45) is 7.05 Å². The second-order valence-corrected chi connectivity index (χ2v) is 4.51. The molecule has 0 amide bonds. The number of hydrogen-bond donors (Lipinski definition) is 1. The number of benzene rings is 2. The molecule has 102 valence electrons. The highest BCUT2D eigenvalue weighted by atomic mass is 19.1. The first kappa shape index (κ1) is 12.5. The van der Waals surface area contributed by atoms with Crippen molar-refractivity contribution in [3.05, 3.63) is 42.2 Å². The summed E-state index contributed by atoms with van der Waals surface area (Å²) in [5.74, 6) is 0.782. The van der Waals surface area contributed by atoms with Crippen LogP contribution in [0.4, 0.5) is 4.39 Å². The zero-order chi connectivity index (χ0) is 14.3. The molecule has 3 aromatic rings. The summed E-state index contributed by atoms with van der Waals surface area (Å²) in [6.07, 6.45) is 0. The Labute approximate surface area is 115 Å². The topological polar surface area (TPSA) is 47.3 Å². The van der Waals surface area contributed by atoms with Gasteiger partial charge in [0.2, 0.25) is 0 Å². The predicted molar refractivity (Wildman–Crippen MR) is 74.3 cm³/mol. The number of phenols is 1. The number of imidazole rings is 1. The van der Waals surface area contributed by atoms with Gasteiger partial charge in [0.15, 0.2) is 11.5 Å². The molecule has 1 heterocycles. The van der Waals surface area contributed by atoms with Crippen molar-refractivity contribution in [1.29, 1.82) is 0 Å². The molecule has 0 aliphatic carbocycles. The van der Waals surface area contributed by atoms with Crippen LogP contribution in [-0.2, 0) is 7.05 Å². The second kappa shape index (κ2) is 4.52. The molecule has 0 unspecified atom stereocenters. The van der Waals surface area contributed by atoms with Crippen LogP contribution in [0.25, 0.3) is 22.4 Å². The second-order valence-electron chi connectivity index (χ2n) is 4.51. The first-order valence-electron chi connectivity index (χ1n) is 6.09. The molecule has 3 rings (SSSR count). The maximum absolute atomic E-state index is 13.2. The molecule has 1 aromatic heterocycles. The van der Waals surface area contributed by atoms with Crippen LogP contribution in [0.1, 0.15) is 0 Å². The van der Waals surface area contributed by atoms with E-state index >= 15 is 0 Å². The fourth-order valence-corrected chi connectivity index (χ4v) is 2.26. The van der Waals surface area contributed by atoms with E-state index in [0.717, 1.165) is 11.1 Å². The Morgan fingerprint density at radius 3 is 2.70 bits per heavy atom. The van der Waals surface area contributed by atoms with Crippen LogP contribution >= 0.6 is 0 Å². The molecule has 0 bridgehead atoms. The van der Waals surface area contributed by atoms with Crippen LogP contribution < -0.4 is 4.74 Å². The minimum atomic E-state index is -0.320. The summed E-state index contributed by atoms with van der Waals surface area (Å²) in [4.78, 5) is 4.41. The van der Waals surface area contributed by atoms with Crippen molar-refractivity contribution < 1.29 is 14.2 Å². The average molecular weight is 272 g/mol. The van der Waals surface area contributed by atoms with Gasteiger partial charge >= 0.3 is 0 Å². The maximum Gasteiger partial charge on any atom is 0.160 e. The Hall–Kier alpha value is -2.56. The molecular formula is C15H13FN2O2. The number of rotatable bonds is 2. The number of methoxy groups -OCH3 is 1. The van der Waals surface area contributed by atoms with Crippen molar-refractivity contribution >= 4 is 11.0 Å². The van der Waals surface area contributed by atoms with E-state index in [0.29, 0.717) is 17.1 Å². The number of ether oxygens (including phenoxy) is 1. The van der Waals surface area contributed by atoms with E-state index < -0.39 is 0 Å². The smallest absolute Gasteiger partial charge is 0.160 e. The molecule has 0 aliphatic heterocycles. The van der Waals surface area contributed by atoms with Gasteiger partial charge in [-0.25, -0.2) is 9.37 Å². The van der Waals surface area contributed by atoms with Crippen LogP contribution in [0.5, 0.6) is 11.5 Å². The van der Waals surface area contributed by atoms with E-state index in [1.165, 1.54) is 19.2 Å². The third-order valence-electron chi connectivity index (χ3n) is 3.28. The third kappa shape index (κ3) is 1.87. The predicted octanol–water partition coefficient (Wildman–Crippen LogP) is 3.09. The van der Waals surface area contributed by atoms with Crippen LogP contribution in [-0.4, -0.2) is 21.8 Å². The van der Waals surface area contributed by atoms with E-state index in [1.807, 2.05) is 11.6 Å². The number of aryl methyl sites for hydroxylation is 1. The molecule has 0 atom stereocenters. The molecule has 1 N–H and O–H groups in total. The van der Waals surface area contributed by atoms with Gasteiger partial charge in [-0.05, 0) is 30.3 Å². The summed E-state index contributed by atoms with van der Waals surface area (Å²) >= 11 is 0. The number of aromatic hydroxyl groups is 1. The normalized spacial score (nSPS) is 10.9. The first-order valence-corrected chi connectivity index (χ1v) is 6.09. The monoisotopic (exact) mass is 272 g/mol. The first-order chi connectivity index (χ1) is 9.60. The van der Waals surface area contributed by atoms with Crippen molar-refractivity contribution in [3.63, 3.8) is 0 Å². The fourth-order valence-electron chi connectivity index (χ4n) is 2.26. The highest BCUT2D eigenvalue weighted by molar-refractivity contribution is 5.81. The van der Waals surface area contributed by atoms with Crippen LogP contribution in [0.3, 0.4) is 0 Å². The fraction of sp³-hybridized carbons (Fsp3) is 0.133. The number of halogens is 1. The van der Waals surface area contributed by atoms with Crippen molar-refractivity contribution in [2.45, 2.75) is 0 Å². The van der Waals surface area contributed by atoms with E-state index in [-0.39, 0.29) is 11.6 Å². The number of nitrogens with zero attached hydrogens (tertiary/aromatic N) is 2. The van der Waals surface area contributed by atoms with E-state index in [9.17, 15) is 9.50 Å². The van der Waals surface area contributed by atoms with Gasteiger partial charge < -0.3 is 14.4 Å². The molecule has 4 nitrogen and oxygen atoms in total. The molecule has 2 aromatic carbocycles.